The highest BCUT2D eigenvalue weighted by Gasteiger charge is 2.41. The quantitative estimate of drug-likeness (QED) is 0.295. The predicted octanol–water partition coefficient (Wildman–Crippen LogP) is -2.11. The first-order valence-corrected chi connectivity index (χ1v) is 2.69. The molecule has 1 rings (SSSR count). The van der Waals surface area contributed by atoms with Crippen LogP contribution in [0.2, 0.25) is 0 Å². The van der Waals surface area contributed by atoms with Crippen LogP contribution in [-0.4, -0.2) is 38.6 Å². The third kappa shape index (κ3) is 1.12. The molecule has 1 aliphatic heterocycles. The van der Waals surface area contributed by atoms with Crippen molar-refractivity contribution in [2.75, 3.05) is 0 Å². The lowest BCUT2D eigenvalue weighted by Crippen LogP contribution is -2.51. The summed E-state index contributed by atoms with van der Waals surface area (Å²) in [6.07, 6.45) is -1.01. The first-order chi connectivity index (χ1) is 4.54. The van der Waals surface area contributed by atoms with E-state index in [1.165, 1.54) is 0 Å². The molecular weight excluding hydrogens is 140 g/mol. The summed E-state index contributed by atoms with van der Waals surface area (Å²) in [5, 5.41) is 34.9. The lowest BCUT2D eigenvalue weighted by Gasteiger charge is -2.30. The van der Waals surface area contributed by atoms with E-state index in [2.05, 4.69) is 4.74 Å². The molecule has 1 heterocycles. The van der Waals surface area contributed by atoms with Crippen LogP contribution in [0.15, 0.2) is 12.3 Å². The van der Waals surface area contributed by atoms with E-state index in [-0.39, 0.29) is 0 Å². The summed E-state index contributed by atoms with van der Waals surface area (Å²) in [4.78, 5) is 0. The molecule has 5 heteroatoms. The minimum Gasteiger partial charge on any atom is -0.445 e. The zero-order valence-corrected chi connectivity index (χ0v) is 5.01. The van der Waals surface area contributed by atoms with Gasteiger partial charge in [0.1, 0.15) is 6.10 Å². The molecule has 4 N–H and O–H groups in total. The van der Waals surface area contributed by atoms with Crippen molar-refractivity contribution in [3.05, 3.63) is 12.3 Å². The Morgan fingerprint density at radius 2 is 1.90 bits per heavy atom. The molecule has 1 aliphatic rings. The largest absolute Gasteiger partial charge is 0.445 e. The molecule has 0 unspecified atom stereocenters. The fraction of sp³-hybridized carbons (Fsp3) is 0.600. The molecular formula is C5H8O5. The molecule has 0 aliphatic carbocycles. The molecule has 5 nitrogen and oxygen atoms in total. The molecule has 2 atom stereocenters. The molecule has 0 radical (unpaired) electrons. The van der Waals surface area contributed by atoms with Crippen LogP contribution in [0.5, 0.6) is 0 Å². The first kappa shape index (κ1) is 7.49. The van der Waals surface area contributed by atoms with E-state index in [9.17, 15) is 0 Å². The van der Waals surface area contributed by atoms with Crippen molar-refractivity contribution in [2.24, 2.45) is 0 Å². The lowest BCUT2D eigenvalue weighted by atomic mass is 10.1. The highest BCUT2D eigenvalue weighted by atomic mass is 16.8. The number of aliphatic hydroxyl groups excluding tert-OH is 2. The molecule has 10 heavy (non-hydrogen) atoms. The van der Waals surface area contributed by atoms with Crippen molar-refractivity contribution in [2.45, 2.75) is 18.2 Å². The van der Waals surface area contributed by atoms with Crippen LogP contribution >= 0.6 is 0 Å². The van der Waals surface area contributed by atoms with Gasteiger partial charge in [0.25, 0.3) is 0 Å². The molecule has 0 fully saturated rings. The van der Waals surface area contributed by atoms with Gasteiger partial charge in [-0.15, -0.1) is 0 Å². The van der Waals surface area contributed by atoms with Crippen LogP contribution in [0.1, 0.15) is 0 Å². The zero-order valence-electron chi connectivity index (χ0n) is 5.01. The van der Waals surface area contributed by atoms with Crippen molar-refractivity contribution >= 4 is 0 Å². The standard InChI is InChI=1S/C5H8O5/c6-3-1-2-10-5(8,9)4(3)7/h1-4,6-9H/t3-,4+/m1/s1. The topological polar surface area (TPSA) is 90.2 Å². The maximum atomic E-state index is 8.78. The molecule has 0 spiro atoms. The summed E-state index contributed by atoms with van der Waals surface area (Å²) >= 11 is 0. The SMILES string of the molecule is O[C@@H]1C=COC(O)(O)[C@H]1O. The summed E-state index contributed by atoms with van der Waals surface area (Å²) in [5.41, 5.74) is 0. The predicted molar refractivity (Wildman–Crippen MR) is 29.4 cm³/mol. The van der Waals surface area contributed by atoms with Gasteiger partial charge in [-0.05, 0) is 6.08 Å². The maximum Gasteiger partial charge on any atom is 0.352 e. The van der Waals surface area contributed by atoms with Gasteiger partial charge in [-0.1, -0.05) is 0 Å². The fourth-order valence-corrected chi connectivity index (χ4v) is 0.617. The Hall–Kier alpha value is -0.620. The average molecular weight is 148 g/mol. The fourth-order valence-electron chi connectivity index (χ4n) is 0.617. The van der Waals surface area contributed by atoms with Crippen molar-refractivity contribution in [1.82, 2.24) is 0 Å². The normalized spacial score (nSPS) is 37.2. The Labute approximate surface area is 56.8 Å². The van der Waals surface area contributed by atoms with Crippen LogP contribution in [0.25, 0.3) is 0 Å². The maximum absolute atomic E-state index is 8.78. The van der Waals surface area contributed by atoms with Gasteiger partial charge < -0.3 is 25.2 Å². The lowest BCUT2D eigenvalue weighted by molar-refractivity contribution is -0.370. The van der Waals surface area contributed by atoms with Crippen molar-refractivity contribution < 1.29 is 25.2 Å². The zero-order chi connectivity index (χ0) is 7.78. The van der Waals surface area contributed by atoms with Gasteiger partial charge in [-0.25, -0.2) is 0 Å². The summed E-state index contributed by atoms with van der Waals surface area (Å²) in [7, 11) is 0. The number of ether oxygens (including phenoxy) is 1. The Kier molecular flexibility index (Phi) is 1.65. The summed E-state index contributed by atoms with van der Waals surface area (Å²) in [6.45, 7) is 0. The Balaban J connectivity index is 2.75. The molecule has 0 bridgehead atoms. The van der Waals surface area contributed by atoms with Crippen molar-refractivity contribution in [3.63, 3.8) is 0 Å². The van der Waals surface area contributed by atoms with E-state index in [0.717, 1.165) is 12.3 Å². The molecule has 58 valence electrons. The molecule has 0 saturated carbocycles. The second-order valence-electron chi connectivity index (χ2n) is 2.04. The number of hydrogen-bond donors (Lipinski definition) is 4. The van der Waals surface area contributed by atoms with E-state index in [4.69, 9.17) is 20.4 Å². The van der Waals surface area contributed by atoms with Gasteiger partial charge in [-0.2, -0.15) is 0 Å². The van der Waals surface area contributed by atoms with E-state index < -0.39 is 18.2 Å². The van der Waals surface area contributed by atoms with Gasteiger partial charge >= 0.3 is 5.97 Å². The van der Waals surface area contributed by atoms with Crippen molar-refractivity contribution in [3.8, 4) is 0 Å². The minimum absolute atomic E-state index is 0.914. The summed E-state index contributed by atoms with van der Waals surface area (Å²) in [5.74, 6) is -2.67. The monoisotopic (exact) mass is 148 g/mol. The average Bonchev–Trinajstić information content (AvgIpc) is 1.83. The molecule has 0 aromatic heterocycles. The number of aliphatic hydroxyl groups is 4. The third-order valence-electron chi connectivity index (χ3n) is 1.23. The van der Waals surface area contributed by atoms with Gasteiger partial charge in [0, 0.05) is 0 Å². The minimum atomic E-state index is -2.67. The molecule has 0 amide bonds. The van der Waals surface area contributed by atoms with Crippen LogP contribution in [-0.2, 0) is 4.74 Å². The second-order valence-corrected chi connectivity index (χ2v) is 2.04. The third-order valence-corrected chi connectivity index (χ3v) is 1.23. The van der Waals surface area contributed by atoms with Crippen LogP contribution < -0.4 is 0 Å². The van der Waals surface area contributed by atoms with E-state index in [0.29, 0.717) is 0 Å². The Bertz CT molecular complexity index is 152. The van der Waals surface area contributed by atoms with Crippen molar-refractivity contribution in [1.29, 1.82) is 0 Å². The van der Waals surface area contributed by atoms with Gasteiger partial charge in [0.05, 0.1) is 6.26 Å². The van der Waals surface area contributed by atoms with Crippen LogP contribution in [0.4, 0.5) is 0 Å². The second kappa shape index (κ2) is 2.21. The molecule has 0 aromatic rings. The highest BCUT2D eigenvalue weighted by Crippen LogP contribution is 2.17. The van der Waals surface area contributed by atoms with Gasteiger partial charge in [-0.3, -0.25) is 0 Å². The number of rotatable bonds is 0. The van der Waals surface area contributed by atoms with Gasteiger partial charge in [0.15, 0.2) is 6.10 Å². The van der Waals surface area contributed by atoms with E-state index >= 15 is 0 Å². The van der Waals surface area contributed by atoms with E-state index in [1.54, 1.807) is 0 Å². The molecule has 0 aromatic carbocycles. The first-order valence-electron chi connectivity index (χ1n) is 2.69. The number of hydrogen-bond acceptors (Lipinski definition) is 5. The molecule has 0 saturated heterocycles. The summed E-state index contributed by atoms with van der Waals surface area (Å²) in [6, 6.07) is 0. The smallest absolute Gasteiger partial charge is 0.352 e. The Morgan fingerprint density at radius 1 is 1.30 bits per heavy atom. The highest BCUT2D eigenvalue weighted by molar-refractivity contribution is 4.96. The van der Waals surface area contributed by atoms with Crippen LogP contribution in [0.3, 0.4) is 0 Å². The summed E-state index contributed by atoms with van der Waals surface area (Å²) < 4.78 is 4.17. The Morgan fingerprint density at radius 3 is 2.30 bits per heavy atom. The van der Waals surface area contributed by atoms with Crippen LogP contribution in [0, 0.1) is 0 Å². The van der Waals surface area contributed by atoms with E-state index in [1.807, 2.05) is 0 Å². The van der Waals surface area contributed by atoms with Gasteiger partial charge in [0.2, 0.25) is 0 Å².